The van der Waals surface area contributed by atoms with Gasteiger partial charge in [0.1, 0.15) is 23.2 Å². The molecule has 11 heteroatoms. The summed E-state index contributed by atoms with van der Waals surface area (Å²) in [4.78, 5) is 12.2. The molecule has 1 saturated carbocycles. The van der Waals surface area contributed by atoms with E-state index in [0.29, 0.717) is 18.2 Å². The molecule has 156 valence electrons. The fourth-order valence-electron chi connectivity index (χ4n) is 2.79. The lowest BCUT2D eigenvalue weighted by Crippen LogP contribution is -2.17. The van der Waals surface area contributed by atoms with Crippen molar-refractivity contribution in [1.82, 2.24) is 0 Å². The minimum atomic E-state index is -4.98. The molecule has 2 unspecified atom stereocenters. The minimum Gasteiger partial charge on any atom is -0.460 e. The Morgan fingerprint density at radius 3 is 2.36 bits per heavy atom. The van der Waals surface area contributed by atoms with Gasteiger partial charge < -0.3 is 9.47 Å². The van der Waals surface area contributed by atoms with Crippen LogP contribution in [-0.4, -0.2) is 18.5 Å². The van der Waals surface area contributed by atoms with Crippen LogP contribution in [0.5, 0.6) is 5.75 Å². The number of hydrogen-bond donors (Lipinski definition) is 0. The minimum absolute atomic E-state index is 0.381. The highest BCUT2D eigenvalue weighted by atomic mass is 35.5. The van der Waals surface area contributed by atoms with Crippen LogP contribution < -0.4 is 4.74 Å². The molecule has 2 atom stereocenters. The van der Waals surface area contributed by atoms with E-state index in [9.17, 15) is 35.5 Å². The average molecular weight is 435 g/mol. The van der Waals surface area contributed by atoms with Crippen molar-refractivity contribution < 1.29 is 45.0 Å². The van der Waals surface area contributed by atoms with E-state index in [-0.39, 0.29) is 5.56 Å². The van der Waals surface area contributed by atoms with E-state index in [1.807, 2.05) is 0 Å². The Morgan fingerprint density at radius 1 is 1.21 bits per heavy atom. The van der Waals surface area contributed by atoms with Crippen LogP contribution in [0.25, 0.3) is 0 Å². The van der Waals surface area contributed by atoms with Gasteiger partial charge in [0.15, 0.2) is 0 Å². The van der Waals surface area contributed by atoms with Gasteiger partial charge in [0.05, 0.1) is 5.92 Å². The van der Waals surface area contributed by atoms with Gasteiger partial charge in [-0.05, 0) is 29.5 Å². The molecule has 1 aromatic rings. The molecule has 0 radical (unpaired) electrons. The second-order valence-corrected chi connectivity index (χ2v) is 7.15. The monoisotopic (exact) mass is 434 g/mol. The van der Waals surface area contributed by atoms with Crippen LogP contribution in [0.3, 0.4) is 0 Å². The third kappa shape index (κ3) is 5.30. The summed E-state index contributed by atoms with van der Waals surface area (Å²) in [5, 5.41) is -1.37. The summed E-state index contributed by atoms with van der Waals surface area (Å²) in [5.41, 5.74) is -1.25. The number of allylic oxidation sites excluding steroid dienone is 2. The average Bonchev–Trinajstić information content (AvgIpc) is 3.05. The first-order chi connectivity index (χ1) is 12.6. The zero-order valence-corrected chi connectivity index (χ0v) is 15.2. The summed E-state index contributed by atoms with van der Waals surface area (Å²) in [5.74, 6) is -4.36. The Kier molecular flexibility index (Phi) is 5.94. The van der Waals surface area contributed by atoms with E-state index < -0.39 is 59.0 Å². The van der Waals surface area contributed by atoms with E-state index in [4.69, 9.17) is 16.3 Å². The third-order valence-electron chi connectivity index (χ3n) is 4.38. The van der Waals surface area contributed by atoms with Crippen LogP contribution in [0, 0.1) is 23.1 Å². The molecule has 3 nitrogen and oxygen atoms in total. The van der Waals surface area contributed by atoms with Crippen LogP contribution >= 0.6 is 11.6 Å². The van der Waals surface area contributed by atoms with Crippen molar-refractivity contribution in [3.05, 3.63) is 40.7 Å². The van der Waals surface area contributed by atoms with Crippen LogP contribution in [0.4, 0.5) is 30.7 Å². The fraction of sp³-hybridized carbons (Fsp3) is 0.471. The maximum atomic E-state index is 13.7. The lowest BCUT2D eigenvalue weighted by atomic mass is 10.1. The zero-order valence-electron chi connectivity index (χ0n) is 14.4. The summed E-state index contributed by atoms with van der Waals surface area (Å²) < 4.78 is 96.5. The van der Waals surface area contributed by atoms with Gasteiger partial charge in [-0.25, -0.2) is 4.39 Å². The molecule has 28 heavy (non-hydrogen) atoms. The maximum absolute atomic E-state index is 13.7. The molecular weight excluding hydrogens is 421 g/mol. The summed E-state index contributed by atoms with van der Waals surface area (Å²) in [6, 6.07) is 2.17. The predicted octanol–water partition coefficient (Wildman–Crippen LogP) is 5.72. The molecule has 0 N–H and O–H groups in total. The van der Waals surface area contributed by atoms with Gasteiger partial charge in [-0.3, -0.25) is 4.79 Å². The third-order valence-corrected chi connectivity index (χ3v) is 4.72. The first-order valence-corrected chi connectivity index (χ1v) is 8.16. The molecule has 1 aromatic carbocycles. The second-order valence-electron chi connectivity index (χ2n) is 6.75. The van der Waals surface area contributed by atoms with Gasteiger partial charge >= 0.3 is 18.5 Å². The first-order valence-electron chi connectivity index (χ1n) is 7.78. The summed E-state index contributed by atoms with van der Waals surface area (Å²) in [7, 11) is 0. The van der Waals surface area contributed by atoms with Gasteiger partial charge in [-0.1, -0.05) is 31.5 Å². The number of ether oxygens (including phenoxy) is 2. The highest BCUT2D eigenvalue weighted by molar-refractivity contribution is 6.30. The maximum Gasteiger partial charge on any atom is 0.573 e. The summed E-state index contributed by atoms with van der Waals surface area (Å²) >= 11 is 5.18. The summed E-state index contributed by atoms with van der Waals surface area (Å²) in [6.45, 7) is 2.34. The van der Waals surface area contributed by atoms with Crippen LogP contribution in [0.2, 0.25) is 0 Å². The number of esters is 1. The number of hydrogen-bond acceptors (Lipinski definition) is 3. The standard InChI is InChI=1S/C17H14ClF7O3/c1-15(2)10(6-12(18)16(20,21)22)13(15)14(26)27-7-8-5-9(3-4-11(8)19)28-17(23,24)25/h3-6,10,13H,7H2,1-2H3. The Bertz CT molecular complexity index is 784. The zero-order chi connectivity index (χ0) is 21.5. The van der Waals surface area contributed by atoms with E-state index >= 15 is 0 Å². The number of rotatable bonds is 5. The second kappa shape index (κ2) is 7.46. The van der Waals surface area contributed by atoms with Gasteiger partial charge in [0.2, 0.25) is 0 Å². The number of halogens is 8. The van der Waals surface area contributed by atoms with Crippen molar-refractivity contribution in [2.24, 2.45) is 17.3 Å². The molecule has 0 amide bonds. The van der Waals surface area contributed by atoms with E-state index in [0.717, 1.165) is 6.07 Å². The number of carbonyl (C=O) groups excluding carboxylic acids is 1. The molecule has 1 aliphatic carbocycles. The van der Waals surface area contributed by atoms with E-state index in [2.05, 4.69) is 4.74 Å². The SMILES string of the molecule is CC1(C)C(C=C(Cl)C(F)(F)F)C1C(=O)OCc1cc(OC(F)(F)F)ccc1F. The van der Waals surface area contributed by atoms with Crippen molar-refractivity contribution in [2.45, 2.75) is 33.0 Å². The van der Waals surface area contributed by atoms with Gasteiger partial charge in [0.25, 0.3) is 0 Å². The number of benzene rings is 1. The predicted molar refractivity (Wildman–Crippen MR) is 83.6 cm³/mol. The molecule has 0 aromatic heterocycles. The van der Waals surface area contributed by atoms with Crippen LogP contribution in [-0.2, 0) is 16.1 Å². The Labute approximate surface area is 160 Å². The summed E-state index contributed by atoms with van der Waals surface area (Å²) in [6.07, 6.45) is -9.02. The highest BCUT2D eigenvalue weighted by Crippen LogP contribution is 2.60. The van der Waals surface area contributed by atoms with Gasteiger partial charge in [0, 0.05) is 5.56 Å². The Hall–Kier alpha value is -1.97. The molecule has 0 spiro atoms. The normalized spacial score (nSPS) is 22.0. The molecule has 0 saturated heterocycles. The quantitative estimate of drug-likeness (QED) is 0.439. The van der Waals surface area contributed by atoms with E-state index in [1.165, 1.54) is 13.8 Å². The lowest BCUT2D eigenvalue weighted by molar-refractivity contribution is -0.274. The van der Waals surface area contributed by atoms with Crippen molar-refractivity contribution in [2.75, 3.05) is 0 Å². The molecule has 1 aliphatic rings. The molecule has 0 heterocycles. The van der Waals surface area contributed by atoms with Crippen LogP contribution in [0.15, 0.2) is 29.3 Å². The smallest absolute Gasteiger partial charge is 0.460 e. The van der Waals surface area contributed by atoms with Gasteiger partial charge in [-0.15, -0.1) is 13.2 Å². The first kappa shape index (κ1) is 22.3. The Balaban J connectivity index is 2.06. The molecule has 1 fully saturated rings. The topological polar surface area (TPSA) is 35.5 Å². The largest absolute Gasteiger partial charge is 0.573 e. The number of alkyl halides is 6. The molecular formula is C17H14ClF7O3. The van der Waals surface area contributed by atoms with Crippen LogP contribution in [0.1, 0.15) is 19.4 Å². The number of carbonyl (C=O) groups is 1. The Morgan fingerprint density at radius 2 is 1.82 bits per heavy atom. The van der Waals surface area contributed by atoms with Crippen molar-refractivity contribution in [3.8, 4) is 5.75 Å². The van der Waals surface area contributed by atoms with E-state index in [1.54, 1.807) is 0 Å². The van der Waals surface area contributed by atoms with Crippen molar-refractivity contribution >= 4 is 17.6 Å². The molecule has 0 bridgehead atoms. The lowest BCUT2D eigenvalue weighted by Gasteiger charge is -2.11. The fourth-order valence-corrected chi connectivity index (χ4v) is 2.92. The van der Waals surface area contributed by atoms with Gasteiger partial charge in [-0.2, -0.15) is 13.2 Å². The molecule has 2 rings (SSSR count). The molecule has 0 aliphatic heterocycles. The van der Waals surface area contributed by atoms with Crippen molar-refractivity contribution in [1.29, 1.82) is 0 Å². The van der Waals surface area contributed by atoms with Crippen molar-refractivity contribution in [3.63, 3.8) is 0 Å². The highest BCUT2D eigenvalue weighted by Gasteiger charge is 2.62.